The first-order valence-electron chi connectivity index (χ1n) is 4.75. The lowest BCUT2D eigenvalue weighted by Gasteiger charge is -2.13. The highest BCUT2D eigenvalue weighted by Crippen LogP contribution is 2.21. The van der Waals surface area contributed by atoms with Gasteiger partial charge in [-0.2, -0.15) is 13.2 Å². The summed E-state index contributed by atoms with van der Waals surface area (Å²) in [6.07, 6.45) is -4.29. The molecule has 0 atom stereocenters. The van der Waals surface area contributed by atoms with Gasteiger partial charge in [0.15, 0.2) is 0 Å². The Hall–Kier alpha value is -1.11. The minimum absolute atomic E-state index is 0.133. The summed E-state index contributed by atoms with van der Waals surface area (Å²) in [5.41, 5.74) is 1.60. The zero-order valence-electron chi connectivity index (χ0n) is 8.01. The molecular weight excluding hydrogens is 209 g/mol. The number of hydrogen-bond donors (Lipinski definition) is 1. The molecule has 0 aliphatic carbocycles. The molecule has 15 heavy (non-hydrogen) atoms. The molecule has 0 fully saturated rings. The van der Waals surface area contributed by atoms with Crippen LogP contribution in [0, 0.1) is 0 Å². The van der Waals surface area contributed by atoms with E-state index in [1.54, 1.807) is 0 Å². The molecule has 0 saturated heterocycles. The second-order valence-electron chi connectivity index (χ2n) is 3.50. The van der Waals surface area contributed by atoms with Crippen molar-refractivity contribution in [1.29, 1.82) is 0 Å². The topological polar surface area (TPSA) is 42.7 Å². The van der Waals surface area contributed by atoms with Crippen LogP contribution in [0.2, 0.25) is 0 Å². The minimum Gasteiger partial charge on any atom is -0.311 e. The third-order valence-corrected chi connectivity index (χ3v) is 2.36. The van der Waals surface area contributed by atoms with E-state index in [0.717, 1.165) is 17.9 Å². The van der Waals surface area contributed by atoms with E-state index >= 15 is 0 Å². The Labute approximate surface area is 84.5 Å². The molecule has 0 radical (unpaired) electrons. The first-order valence-corrected chi connectivity index (χ1v) is 4.75. The Morgan fingerprint density at radius 3 is 2.93 bits per heavy atom. The average Bonchev–Trinajstić information content (AvgIpc) is 2.57. The number of aromatic nitrogens is 3. The Kier molecular flexibility index (Phi) is 2.64. The van der Waals surface area contributed by atoms with Crippen molar-refractivity contribution in [2.45, 2.75) is 32.1 Å². The van der Waals surface area contributed by atoms with E-state index in [2.05, 4.69) is 15.6 Å². The van der Waals surface area contributed by atoms with E-state index in [1.807, 2.05) is 0 Å². The molecule has 0 spiro atoms. The van der Waals surface area contributed by atoms with E-state index in [4.69, 9.17) is 0 Å². The van der Waals surface area contributed by atoms with E-state index in [1.165, 1.54) is 4.68 Å². The summed E-state index contributed by atoms with van der Waals surface area (Å²) >= 11 is 0. The van der Waals surface area contributed by atoms with Gasteiger partial charge in [-0.1, -0.05) is 5.21 Å². The van der Waals surface area contributed by atoms with Crippen molar-refractivity contribution in [2.24, 2.45) is 0 Å². The van der Waals surface area contributed by atoms with Gasteiger partial charge in [-0.15, -0.1) is 5.10 Å². The average molecular weight is 220 g/mol. The Balaban J connectivity index is 2.06. The minimum atomic E-state index is -4.13. The van der Waals surface area contributed by atoms with Crippen LogP contribution in [0.5, 0.6) is 0 Å². The van der Waals surface area contributed by atoms with Crippen molar-refractivity contribution in [2.75, 3.05) is 6.54 Å². The van der Waals surface area contributed by atoms with Crippen LogP contribution in [-0.2, 0) is 19.5 Å². The van der Waals surface area contributed by atoms with Crippen molar-refractivity contribution in [1.82, 2.24) is 20.3 Å². The second kappa shape index (κ2) is 3.80. The lowest BCUT2D eigenvalue weighted by atomic mass is 10.2. The zero-order valence-corrected chi connectivity index (χ0v) is 8.01. The predicted molar refractivity (Wildman–Crippen MR) is 46.1 cm³/mol. The van der Waals surface area contributed by atoms with Crippen LogP contribution in [0.3, 0.4) is 0 Å². The molecule has 2 heterocycles. The van der Waals surface area contributed by atoms with Crippen LogP contribution in [-0.4, -0.2) is 27.7 Å². The molecule has 84 valence electrons. The molecular formula is C8H11F3N4. The molecule has 0 bridgehead atoms. The van der Waals surface area contributed by atoms with Crippen LogP contribution in [0.15, 0.2) is 0 Å². The van der Waals surface area contributed by atoms with Crippen molar-refractivity contribution in [3.63, 3.8) is 0 Å². The van der Waals surface area contributed by atoms with Crippen molar-refractivity contribution < 1.29 is 13.2 Å². The van der Waals surface area contributed by atoms with Gasteiger partial charge in [0.05, 0.1) is 24.4 Å². The largest absolute Gasteiger partial charge is 0.390 e. The molecule has 1 aromatic heterocycles. The number of alkyl halides is 3. The quantitative estimate of drug-likeness (QED) is 0.804. The first kappa shape index (κ1) is 10.4. The summed E-state index contributed by atoms with van der Waals surface area (Å²) in [5, 5.41) is 10.7. The summed E-state index contributed by atoms with van der Waals surface area (Å²) < 4.78 is 37.4. The maximum Gasteiger partial charge on any atom is 0.390 e. The number of halogens is 3. The third kappa shape index (κ3) is 2.47. The molecule has 2 rings (SSSR count). The van der Waals surface area contributed by atoms with Gasteiger partial charge in [0.25, 0.3) is 0 Å². The SMILES string of the molecule is FC(F)(F)CCn1nnc2c1CCNC2. The van der Waals surface area contributed by atoms with Gasteiger partial charge >= 0.3 is 6.18 Å². The lowest BCUT2D eigenvalue weighted by Crippen LogP contribution is -2.25. The maximum absolute atomic E-state index is 12.0. The normalized spacial score (nSPS) is 16.5. The fraction of sp³-hybridized carbons (Fsp3) is 0.750. The molecule has 1 aliphatic rings. The highest BCUT2D eigenvalue weighted by molar-refractivity contribution is 5.13. The summed E-state index contributed by atoms with van der Waals surface area (Å²) in [7, 11) is 0. The predicted octanol–water partition coefficient (Wildman–Crippen LogP) is 0.876. The van der Waals surface area contributed by atoms with Gasteiger partial charge in [0.1, 0.15) is 0 Å². The smallest absolute Gasteiger partial charge is 0.311 e. The molecule has 1 N–H and O–H groups in total. The molecule has 0 saturated carbocycles. The third-order valence-electron chi connectivity index (χ3n) is 2.36. The van der Waals surface area contributed by atoms with Gasteiger partial charge < -0.3 is 5.32 Å². The molecule has 0 aromatic carbocycles. The fourth-order valence-electron chi connectivity index (χ4n) is 1.61. The van der Waals surface area contributed by atoms with Crippen molar-refractivity contribution in [3.8, 4) is 0 Å². The summed E-state index contributed by atoms with van der Waals surface area (Å²) in [6, 6.07) is 0. The van der Waals surface area contributed by atoms with E-state index in [0.29, 0.717) is 13.0 Å². The first-order chi connectivity index (χ1) is 7.06. The van der Waals surface area contributed by atoms with Crippen molar-refractivity contribution in [3.05, 3.63) is 11.4 Å². The van der Waals surface area contributed by atoms with E-state index in [-0.39, 0.29) is 6.54 Å². The Morgan fingerprint density at radius 1 is 1.40 bits per heavy atom. The van der Waals surface area contributed by atoms with Gasteiger partial charge in [-0.05, 0) is 0 Å². The summed E-state index contributed by atoms with van der Waals surface area (Å²) in [5.74, 6) is 0. The van der Waals surface area contributed by atoms with Gasteiger partial charge in [-0.3, -0.25) is 0 Å². The van der Waals surface area contributed by atoms with Crippen LogP contribution in [0.25, 0.3) is 0 Å². The lowest BCUT2D eigenvalue weighted by molar-refractivity contribution is -0.137. The van der Waals surface area contributed by atoms with Gasteiger partial charge in [-0.25, -0.2) is 4.68 Å². The second-order valence-corrected chi connectivity index (χ2v) is 3.50. The molecule has 7 heteroatoms. The molecule has 1 aliphatic heterocycles. The summed E-state index contributed by atoms with van der Waals surface area (Å²) in [4.78, 5) is 0. The number of nitrogens with zero attached hydrogens (tertiary/aromatic N) is 3. The Morgan fingerprint density at radius 2 is 2.20 bits per heavy atom. The molecule has 1 aromatic rings. The standard InChI is InChI=1S/C8H11F3N4/c9-8(10,11)2-4-15-7-1-3-12-5-6(7)13-14-15/h12H,1-5H2. The van der Waals surface area contributed by atoms with Crippen LogP contribution >= 0.6 is 0 Å². The van der Waals surface area contributed by atoms with Gasteiger partial charge in [0.2, 0.25) is 0 Å². The molecule has 4 nitrogen and oxygen atoms in total. The fourth-order valence-corrected chi connectivity index (χ4v) is 1.61. The Bertz CT molecular complexity index is 344. The highest BCUT2D eigenvalue weighted by atomic mass is 19.4. The van der Waals surface area contributed by atoms with Crippen molar-refractivity contribution >= 4 is 0 Å². The number of rotatable bonds is 2. The van der Waals surface area contributed by atoms with Crippen LogP contribution < -0.4 is 5.32 Å². The van der Waals surface area contributed by atoms with E-state index < -0.39 is 12.6 Å². The van der Waals surface area contributed by atoms with Gasteiger partial charge in [0, 0.05) is 19.5 Å². The molecule has 0 amide bonds. The summed E-state index contributed by atoms with van der Waals surface area (Å²) in [6.45, 7) is 1.24. The van der Waals surface area contributed by atoms with Crippen LogP contribution in [0.1, 0.15) is 17.8 Å². The maximum atomic E-state index is 12.0. The number of hydrogen-bond acceptors (Lipinski definition) is 3. The van der Waals surface area contributed by atoms with E-state index in [9.17, 15) is 13.2 Å². The number of aryl methyl sites for hydroxylation is 1. The van der Waals surface area contributed by atoms with Crippen LogP contribution in [0.4, 0.5) is 13.2 Å². The monoisotopic (exact) mass is 220 g/mol. The zero-order chi connectivity index (χ0) is 10.9. The molecule has 0 unspecified atom stereocenters. The number of nitrogens with one attached hydrogen (secondary N) is 1. The highest BCUT2D eigenvalue weighted by Gasteiger charge is 2.28. The number of fused-ring (bicyclic) bond motifs is 1.